The van der Waals surface area contributed by atoms with Crippen molar-refractivity contribution in [3.05, 3.63) is 110 Å². The molecule has 1 unspecified atom stereocenters. The Bertz CT molecular complexity index is 1710. The molecule has 0 amide bonds. The molecule has 0 aliphatic heterocycles. The fourth-order valence-corrected chi connectivity index (χ4v) is 6.43. The maximum atomic E-state index is 15.8. The number of aromatic nitrogens is 2. The number of nitrogens with zero attached hydrogens (tertiary/aromatic N) is 3. The summed E-state index contributed by atoms with van der Waals surface area (Å²) < 4.78 is 71.2. The maximum Gasteiger partial charge on any atom is 0.273 e. The van der Waals surface area contributed by atoms with Crippen LogP contribution in [0.5, 0.6) is 0 Å². The van der Waals surface area contributed by atoms with Crippen LogP contribution in [-0.4, -0.2) is 28.9 Å². The monoisotopic (exact) mass is 589 g/mol. The van der Waals surface area contributed by atoms with E-state index in [1.807, 2.05) is 6.92 Å². The first-order chi connectivity index (χ1) is 18.9. The zero-order chi connectivity index (χ0) is 29.2. The molecule has 1 saturated carbocycles. The van der Waals surface area contributed by atoms with Gasteiger partial charge in [0.25, 0.3) is 5.56 Å². The second-order valence-corrected chi connectivity index (χ2v) is 12.2. The highest BCUT2D eigenvalue weighted by molar-refractivity contribution is 7.92. The Labute approximate surface area is 235 Å². The van der Waals surface area contributed by atoms with Gasteiger partial charge in [0.2, 0.25) is 0 Å². The second kappa shape index (κ2) is 11.9. The van der Waals surface area contributed by atoms with E-state index in [0.29, 0.717) is 36.1 Å². The number of halogens is 4. The number of allylic oxidation sites excluding steroid dienone is 2. The van der Waals surface area contributed by atoms with Gasteiger partial charge in [-0.3, -0.25) is 19.3 Å². The van der Waals surface area contributed by atoms with E-state index < -0.39 is 48.7 Å². The SMILES string of the molecule is C/C=C/N=C(/C(F)=C/n1c(C)cc(C(C)Cc2cncc(F)c2)c(Cl)c1=O)c1cccc(S(=O)(=O)C2CC2)c1F. The number of hydrogen-bond donors (Lipinski definition) is 0. The van der Waals surface area contributed by atoms with Crippen molar-refractivity contribution in [2.45, 2.75) is 56.1 Å². The molecule has 1 atom stereocenters. The summed E-state index contributed by atoms with van der Waals surface area (Å²) in [5.74, 6) is -2.96. The first-order valence-electron chi connectivity index (χ1n) is 12.6. The van der Waals surface area contributed by atoms with Crippen molar-refractivity contribution in [1.82, 2.24) is 9.55 Å². The van der Waals surface area contributed by atoms with Gasteiger partial charge < -0.3 is 0 Å². The van der Waals surface area contributed by atoms with E-state index in [2.05, 4.69) is 9.98 Å². The van der Waals surface area contributed by atoms with E-state index in [4.69, 9.17) is 11.6 Å². The van der Waals surface area contributed by atoms with Crippen molar-refractivity contribution in [1.29, 1.82) is 0 Å². The molecule has 1 fully saturated rings. The Hall–Kier alpha value is -3.50. The van der Waals surface area contributed by atoms with Crippen molar-refractivity contribution in [3.63, 3.8) is 0 Å². The summed E-state index contributed by atoms with van der Waals surface area (Å²) in [6, 6.07) is 6.67. The molecule has 0 bridgehead atoms. The number of pyridine rings is 2. The van der Waals surface area contributed by atoms with Crippen molar-refractivity contribution in [2.24, 2.45) is 4.99 Å². The zero-order valence-corrected chi connectivity index (χ0v) is 23.6. The molecule has 1 aromatic carbocycles. The molecule has 4 rings (SSSR count). The van der Waals surface area contributed by atoms with E-state index in [1.54, 1.807) is 19.9 Å². The lowest BCUT2D eigenvalue weighted by molar-refractivity contribution is 0.564. The topological polar surface area (TPSA) is 81.4 Å². The summed E-state index contributed by atoms with van der Waals surface area (Å²) in [5.41, 5.74) is -0.118. The number of aryl methyl sites for hydroxylation is 1. The summed E-state index contributed by atoms with van der Waals surface area (Å²) in [5, 5.41) is -0.808. The Morgan fingerprint density at radius 1 is 1.25 bits per heavy atom. The van der Waals surface area contributed by atoms with Crippen LogP contribution in [0.4, 0.5) is 13.2 Å². The number of rotatable bonds is 9. The van der Waals surface area contributed by atoms with E-state index in [-0.39, 0.29) is 16.5 Å². The highest BCUT2D eigenvalue weighted by Crippen LogP contribution is 2.35. The lowest BCUT2D eigenvalue weighted by atomic mass is 9.94. The predicted octanol–water partition coefficient (Wildman–Crippen LogP) is 6.56. The van der Waals surface area contributed by atoms with Crippen molar-refractivity contribution >= 4 is 33.3 Å². The molecule has 0 spiro atoms. The van der Waals surface area contributed by atoms with Gasteiger partial charge in [0, 0.05) is 23.7 Å². The van der Waals surface area contributed by atoms with Crippen LogP contribution in [0.2, 0.25) is 5.02 Å². The third-order valence-corrected chi connectivity index (χ3v) is 9.21. The molecule has 0 saturated heterocycles. The van der Waals surface area contributed by atoms with Gasteiger partial charge in [0.05, 0.1) is 17.6 Å². The van der Waals surface area contributed by atoms with Gasteiger partial charge in [0.1, 0.15) is 21.4 Å². The molecule has 1 aliphatic carbocycles. The van der Waals surface area contributed by atoms with Gasteiger partial charge in [-0.1, -0.05) is 30.7 Å². The van der Waals surface area contributed by atoms with Crippen molar-refractivity contribution in [3.8, 4) is 0 Å². The molecule has 2 aromatic heterocycles. The molecule has 210 valence electrons. The standard InChI is InChI=1S/C29H27ClF3N3O3S/c1-4-10-35-28(22-6-5-7-25(27(22)33)40(38,39)21-8-9-21)24(32)16-36-18(3)12-23(26(30)29(36)37)17(2)11-19-13-20(31)15-34-14-19/h4-7,10,12-17,21H,8-9,11H2,1-3H3/b10-4+,24-16-,35-28+. The Morgan fingerprint density at radius 3 is 2.62 bits per heavy atom. The summed E-state index contributed by atoms with van der Waals surface area (Å²) in [7, 11) is -3.90. The first-order valence-corrected chi connectivity index (χ1v) is 14.5. The highest BCUT2D eigenvalue weighted by atomic mass is 35.5. The van der Waals surface area contributed by atoms with Crippen LogP contribution in [0.25, 0.3) is 6.20 Å². The van der Waals surface area contributed by atoms with Gasteiger partial charge in [-0.05, 0) is 74.4 Å². The number of aliphatic imine (C=N–C) groups is 1. The fraction of sp³-hybridized carbons (Fsp3) is 0.276. The van der Waals surface area contributed by atoms with Crippen LogP contribution >= 0.6 is 11.6 Å². The van der Waals surface area contributed by atoms with Crippen LogP contribution in [0.15, 0.2) is 75.5 Å². The summed E-state index contributed by atoms with van der Waals surface area (Å²) >= 11 is 6.42. The third-order valence-electron chi connectivity index (χ3n) is 6.55. The van der Waals surface area contributed by atoms with E-state index in [9.17, 15) is 17.6 Å². The average molecular weight is 590 g/mol. The van der Waals surface area contributed by atoms with Crippen LogP contribution in [0.1, 0.15) is 55.0 Å². The van der Waals surface area contributed by atoms with Crippen LogP contribution in [0.3, 0.4) is 0 Å². The molecule has 3 aromatic rings. The molecule has 2 heterocycles. The second-order valence-electron chi connectivity index (χ2n) is 9.65. The van der Waals surface area contributed by atoms with Gasteiger partial charge in [-0.15, -0.1) is 0 Å². The minimum absolute atomic E-state index is 0.151. The molecule has 40 heavy (non-hydrogen) atoms. The van der Waals surface area contributed by atoms with Crippen LogP contribution < -0.4 is 5.56 Å². The number of sulfone groups is 1. The normalized spacial score (nSPS) is 15.6. The molecule has 0 radical (unpaired) electrons. The molecular formula is C29H27ClF3N3O3S. The molecule has 11 heteroatoms. The fourth-order valence-electron chi connectivity index (χ4n) is 4.35. The summed E-state index contributed by atoms with van der Waals surface area (Å²) in [6.07, 6.45) is 7.43. The minimum Gasteiger partial charge on any atom is -0.284 e. The van der Waals surface area contributed by atoms with Gasteiger partial charge in [-0.25, -0.2) is 21.6 Å². The molecular weight excluding hydrogens is 563 g/mol. The van der Waals surface area contributed by atoms with Crippen molar-refractivity contribution in [2.75, 3.05) is 0 Å². The Balaban J connectivity index is 1.75. The highest BCUT2D eigenvalue weighted by Gasteiger charge is 2.39. The van der Waals surface area contributed by atoms with Crippen LogP contribution in [-0.2, 0) is 16.3 Å². The lowest BCUT2D eigenvalue weighted by Crippen LogP contribution is -2.22. The zero-order valence-electron chi connectivity index (χ0n) is 22.0. The van der Waals surface area contributed by atoms with Gasteiger partial charge >= 0.3 is 0 Å². The third kappa shape index (κ3) is 6.13. The van der Waals surface area contributed by atoms with Crippen molar-refractivity contribution < 1.29 is 21.6 Å². The molecule has 1 aliphatic rings. The van der Waals surface area contributed by atoms with E-state index in [0.717, 1.165) is 23.0 Å². The van der Waals surface area contributed by atoms with E-state index in [1.165, 1.54) is 36.7 Å². The minimum atomic E-state index is -3.90. The number of benzene rings is 1. The summed E-state index contributed by atoms with van der Waals surface area (Å²) in [6.45, 7) is 5.02. The number of hydrogen-bond acceptors (Lipinski definition) is 5. The summed E-state index contributed by atoms with van der Waals surface area (Å²) in [4.78, 5) is 20.5. The molecule has 0 N–H and O–H groups in total. The van der Waals surface area contributed by atoms with E-state index >= 15 is 8.78 Å². The predicted molar refractivity (Wildman–Crippen MR) is 150 cm³/mol. The first kappa shape index (κ1) is 29.5. The van der Waals surface area contributed by atoms with Crippen LogP contribution in [0, 0.1) is 18.6 Å². The molecule has 6 nitrogen and oxygen atoms in total. The van der Waals surface area contributed by atoms with Gasteiger partial charge in [0.15, 0.2) is 21.5 Å². The smallest absolute Gasteiger partial charge is 0.273 e. The lowest BCUT2D eigenvalue weighted by Gasteiger charge is -2.17. The van der Waals surface area contributed by atoms with Gasteiger partial charge in [-0.2, -0.15) is 0 Å². The quantitative estimate of drug-likeness (QED) is 0.265. The Kier molecular flexibility index (Phi) is 8.80. The maximum absolute atomic E-state index is 15.8. The largest absolute Gasteiger partial charge is 0.284 e. The Morgan fingerprint density at radius 2 is 1.98 bits per heavy atom. The average Bonchev–Trinajstić information content (AvgIpc) is 3.76.